The number of rotatable bonds is 9. The van der Waals surface area contributed by atoms with Gasteiger partial charge in [-0.1, -0.05) is 68.4 Å². The lowest BCUT2D eigenvalue weighted by atomic mass is 9.76. The number of hydrogen-bond donors (Lipinski definition) is 1. The molecule has 7 heteroatoms. The van der Waals surface area contributed by atoms with E-state index in [9.17, 15) is 22.4 Å². The van der Waals surface area contributed by atoms with Crippen LogP contribution in [0.4, 0.5) is 17.6 Å². The Morgan fingerprint density at radius 1 is 0.914 bits per heavy atom. The smallest absolute Gasteiger partial charge is 0.306 e. The molecule has 3 aromatic rings. The van der Waals surface area contributed by atoms with Crippen molar-refractivity contribution in [2.24, 2.45) is 5.92 Å². The first kappa shape index (κ1) is 26.4. The molecule has 186 valence electrons. The lowest BCUT2D eigenvalue weighted by molar-refractivity contribution is -0.863. The summed E-state index contributed by atoms with van der Waals surface area (Å²) in [5.41, 5.74) is -0.0210. The van der Waals surface area contributed by atoms with E-state index in [2.05, 4.69) is 0 Å². The quantitative estimate of drug-likeness (QED) is 0.259. The number of quaternary nitrogens is 1. The maximum Gasteiger partial charge on any atom is 0.306 e. The molecule has 0 aliphatic carbocycles. The second kappa shape index (κ2) is 11.0. The van der Waals surface area contributed by atoms with E-state index in [4.69, 9.17) is 4.74 Å². The average molecular weight is 489 g/mol. The SMILES string of the molecule is CCC(=O)O[C@@](Cc1c(F)c(F)cc(F)c1F)(c1ccc(-c2ccccc2)cc1)[C@@H](C)C[NH+](C)C. The summed E-state index contributed by atoms with van der Waals surface area (Å²) in [6, 6.07) is 16.9. The van der Waals surface area contributed by atoms with E-state index in [-0.39, 0.29) is 12.5 Å². The maximum absolute atomic E-state index is 14.8. The van der Waals surface area contributed by atoms with Gasteiger partial charge in [-0.2, -0.15) is 0 Å². The molecule has 2 atom stereocenters. The molecule has 0 aromatic heterocycles. The molecule has 0 saturated carbocycles. The van der Waals surface area contributed by atoms with Crippen LogP contribution < -0.4 is 4.90 Å². The number of halogens is 4. The second-order valence-electron chi connectivity index (χ2n) is 9.10. The molecule has 0 bridgehead atoms. The summed E-state index contributed by atoms with van der Waals surface area (Å²) < 4.78 is 63.7. The van der Waals surface area contributed by atoms with E-state index in [0.29, 0.717) is 12.1 Å². The van der Waals surface area contributed by atoms with E-state index in [1.54, 1.807) is 26.0 Å². The molecule has 0 amide bonds. The van der Waals surface area contributed by atoms with Gasteiger partial charge < -0.3 is 9.64 Å². The van der Waals surface area contributed by atoms with Gasteiger partial charge >= 0.3 is 5.97 Å². The van der Waals surface area contributed by atoms with Crippen LogP contribution in [0.15, 0.2) is 60.7 Å². The minimum atomic E-state index is -1.57. The van der Waals surface area contributed by atoms with Crippen LogP contribution in [-0.4, -0.2) is 26.6 Å². The molecule has 0 unspecified atom stereocenters. The van der Waals surface area contributed by atoms with Crippen LogP contribution in [0, 0.1) is 29.2 Å². The largest absolute Gasteiger partial charge is 0.453 e. The van der Waals surface area contributed by atoms with Gasteiger partial charge in [0.05, 0.1) is 20.6 Å². The Morgan fingerprint density at radius 2 is 1.46 bits per heavy atom. The number of benzene rings is 3. The minimum absolute atomic E-state index is 0.0217. The third kappa shape index (κ3) is 5.73. The first-order valence-electron chi connectivity index (χ1n) is 11.6. The van der Waals surface area contributed by atoms with E-state index in [0.717, 1.165) is 16.0 Å². The van der Waals surface area contributed by atoms with Gasteiger partial charge in [0, 0.05) is 30.4 Å². The van der Waals surface area contributed by atoms with Crippen molar-refractivity contribution in [3.05, 3.63) is 95.1 Å². The van der Waals surface area contributed by atoms with Gasteiger partial charge in [0.2, 0.25) is 0 Å². The molecule has 1 N–H and O–H groups in total. The molecule has 0 aliphatic rings. The number of esters is 1. The standard InChI is InChI=1S/C28H29F4NO2/c1-5-25(34)35-28(18(2)17-33(3)4,16-22-26(31)23(29)15-24(30)27(22)32)21-13-11-20(12-14-21)19-9-7-6-8-10-19/h6-15,18H,5,16-17H2,1-4H3/p+1/t18-,28+/m0/s1. The van der Waals surface area contributed by atoms with Crippen LogP contribution in [0.1, 0.15) is 31.4 Å². The highest BCUT2D eigenvalue weighted by atomic mass is 19.2. The summed E-state index contributed by atoms with van der Waals surface area (Å²) in [4.78, 5) is 13.6. The first-order chi connectivity index (χ1) is 16.6. The summed E-state index contributed by atoms with van der Waals surface area (Å²) in [5.74, 6) is -7.04. The highest BCUT2D eigenvalue weighted by Gasteiger charge is 2.45. The Morgan fingerprint density at radius 3 is 1.97 bits per heavy atom. The normalized spacial score (nSPS) is 14.0. The Labute approximate surface area is 203 Å². The van der Waals surface area contributed by atoms with Crippen molar-refractivity contribution in [2.45, 2.75) is 32.3 Å². The van der Waals surface area contributed by atoms with Crippen LogP contribution in [0.5, 0.6) is 0 Å². The number of carbonyl (C=O) groups excluding carboxylic acids is 1. The molecule has 35 heavy (non-hydrogen) atoms. The van der Waals surface area contributed by atoms with E-state index < -0.39 is 52.7 Å². The van der Waals surface area contributed by atoms with Gasteiger partial charge in [-0.05, 0) is 16.7 Å². The Bertz CT molecular complexity index is 1140. The van der Waals surface area contributed by atoms with Crippen LogP contribution in [0.25, 0.3) is 11.1 Å². The van der Waals surface area contributed by atoms with Crippen molar-refractivity contribution in [1.29, 1.82) is 0 Å². The maximum atomic E-state index is 14.8. The van der Waals surface area contributed by atoms with Gasteiger partial charge in [-0.15, -0.1) is 0 Å². The van der Waals surface area contributed by atoms with Gasteiger partial charge in [0.1, 0.15) is 5.60 Å². The van der Waals surface area contributed by atoms with Crippen molar-refractivity contribution < 1.29 is 32.0 Å². The molecule has 0 aliphatic heterocycles. The lowest BCUT2D eigenvalue weighted by Gasteiger charge is -2.39. The lowest BCUT2D eigenvalue weighted by Crippen LogP contribution is -3.06. The van der Waals surface area contributed by atoms with Crippen LogP contribution in [0.3, 0.4) is 0 Å². The molecule has 3 rings (SSSR count). The van der Waals surface area contributed by atoms with E-state index in [1.807, 2.05) is 56.6 Å². The molecule has 0 spiro atoms. The van der Waals surface area contributed by atoms with Crippen molar-refractivity contribution in [3.63, 3.8) is 0 Å². The van der Waals surface area contributed by atoms with Gasteiger partial charge in [-0.3, -0.25) is 4.79 Å². The van der Waals surface area contributed by atoms with Crippen molar-refractivity contribution in [3.8, 4) is 11.1 Å². The zero-order valence-electron chi connectivity index (χ0n) is 20.3. The summed E-state index contributed by atoms with van der Waals surface area (Å²) in [5, 5.41) is 0. The second-order valence-corrected chi connectivity index (χ2v) is 9.10. The van der Waals surface area contributed by atoms with E-state index in [1.165, 1.54) is 0 Å². The highest BCUT2D eigenvalue weighted by Crippen LogP contribution is 2.40. The fourth-order valence-corrected chi connectivity index (χ4v) is 4.42. The fourth-order valence-electron chi connectivity index (χ4n) is 4.42. The number of hydrogen-bond acceptors (Lipinski definition) is 2. The Kier molecular flexibility index (Phi) is 8.33. The molecular formula is C28H30F4NO2+. The summed E-state index contributed by atoms with van der Waals surface area (Å²) in [7, 11) is 3.79. The highest BCUT2D eigenvalue weighted by molar-refractivity contribution is 5.70. The van der Waals surface area contributed by atoms with Gasteiger partial charge in [-0.25, -0.2) is 17.6 Å². The van der Waals surface area contributed by atoms with Crippen LogP contribution in [-0.2, 0) is 21.6 Å². The summed E-state index contributed by atoms with van der Waals surface area (Å²) >= 11 is 0. The predicted octanol–water partition coefficient (Wildman–Crippen LogP) is 5.08. The molecule has 0 saturated heterocycles. The number of carbonyl (C=O) groups is 1. The van der Waals surface area contributed by atoms with Crippen LogP contribution >= 0.6 is 0 Å². The van der Waals surface area contributed by atoms with E-state index >= 15 is 0 Å². The zero-order chi connectivity index (χ0) is 25.8. The topological polar surface area (TPSA) is 30.7 Å². The van der Waals surface area contributed by atoms with Crippen LogP contribution in [0.2, 0.25) is 0 Å². The molecule has 0 radical (unpaired) electrons. The monoisotopic (exact) mass is 488 g/mol. The summed E-state index contributed by atoms with van der Waals surface area (Å²) in [6.45, 7) is 3.86. The molecule has 0 fully saturated rings. The summed E-state index contributed by atoms with van der Waals surface area (Å²) in [6.07, 6.45) is -0.544. The average Bonchev–Trinajstić information content (AvgIpc) is 2.84. The molecular weight excluding hydrogens is 458 g/mol. The Balaban J connectivity index is 2.21. The Hall–Kier alpha value is -3.19. The van der Waals surface area contributed by atoms with Crippen molar-refractivity contribution in [2.75, 3.05) is 20.6 Å². The van der Waals surface area contributed by atoms with Crippen molar-refractivity contribution in [1.82, 2.24) is 0 Å². The third-order valence-corrected chi connectivity index (χ3v) is 6.22. The van der Waals surface area contributed by atoms with Gasteiger partial charge in [0.25, 0.3) is 0 Å². The molecule has 3 nitrogen and oxygen atoms in total. The molecule has 3 aromatic carbocycles. The third-order valence-electron chi connectivity index (χ3n) is 6.22. The van der Waals surface area contributed by atoms with Crippen molar-refractivity contribution >= 4 is 5.97 Å². The molecule has 0 heterocycles. The number of nitrogens with one attached hydrogen (secondary N) is 1. The zero-order valence-corrected chi connectivity index (χ0v) is 20.3. The number of ether oxygens (including phenoxy) is 1. The minimum Gasteiger partial charge on any atom is -0.453 e. The van der Waals surface area contributed by atoms with Gasteiger partial charge in [0.15, 0.2) is 23.3 Å². The predicted molar refractivity (Wildman–Crippen MR) is 127 cm³/mol. The first-order valence-corrected chi connectivity index (χ1v) is 11.6. The fraction of sp³-hybridized carbons (Fsp3) is 0.321.